The molecule has 1 amide bonds. The van der Waals surface area contributed by atoms with Crippen molar-refractivity contribution in [2.24, 2.45) is 0 Å². The fourth-order valence-corrected chi connectivity index (χ4v) is 5.29. The molecule has 1 atom stereocenters. The summed E-state index contributed by atoms with van der Waals surface area (Å²) in [5.41, 5.74) is 0.0964. The van der Waals surface area contributed by atoms with Crippen molar-refractivity contribution in [3.05, 3.63) is 11.1 Å². The van der Waals surface area contributed by atoms with Crippen LogP contribution < -0.4 is 5.32 Å². The minimum absolute atomic E-state index is 0.0964. The van der Waals surface area contributed by atoms with Gasteiger partial charge in [-0.15, -0.1) is 11.3 Å². The van der Waals surface area contributed by atoms with E-state index in [1.54, 1.807) is 5.38 Å². The third kappa shape index (κ3) is 8.09. The van der Waals surface area contributed by atoms with Gasteiger partial charge >= 0.3 is 5.97 Å². The van der Waals surface area contributed by atoms with E-state index in [1.165, 1.54) is 61.6 Å². The first-order chi connectivity index (χ1) is 13.6. The van der Waals surface area contributed by atoms with Gasteiger partial charge in [0.2, 0.25) is 5.91 Å². The number of rotatable bonds is 15. The lowest BCUT2D eigenvalue weighted by atomic mass is 10.1. The SMILES string of the molecule is CCCCCCCCNCC[C@H]1CCC(=O)N1CCSc1nc(C(=O)O)cs1. The van der Waals surface area contributed by atoms with Crippen LogP contribution in [0.1, 0.15) is 75.2 Å². The van der Waals surface area contributed by atoms with Crippen LogP contribution in [0.3, 0.4) is 0 Å². The molecule has 0 radical (unpaired) electrons. The van der Waals surface area contributed by atoms with E-state index < -0.39 is 5.97 Å². The summed E-state index contributed by atoms with van der Waals surface area (Å²) in [4.78, 5) is 29.2. The Labute approximate surface area is 176 Å². The van der Waals surface area contributed by atoms with Crippen LogP contribution in [0.5, 0.6) is 0 Å². The van der Waals surface area contributed by atoms with Crippen LogP contribution in [-0.4, -0.2) is 58.3 Å². The van der Waals surface area contributed by atoms with Crippen LogP contribution >= 0.6 is 23.1 Å². The fraction of sp³-hybridized carbons (Fsp3) is 0.750. The highest BCUT2D eigenvalue weighted by molar-refractivity contribution is 8.01. The molecular weight excluding hydrogens is 394 g/mol. The molecule has 28 heavy (non-hydrogen) atoms. The number of unbranched alkanes of at least 4 members (excludes halogenated alkanes) is 5. The number of aromatic nitrogens is 1. The number of likely N-dealkylation sites (tertiary alicyclic amines) is 1. The van der Waals surface area contributed by atoms with Crippen LogP contribution in [-0.2, 0) is 4.79 Å². The average molecular weight is 428 g/mol. The summed E-state index contributed by atoms with van der Waals surface area (Å²) in [5.74, 6) is -0.00164. The number of carbonyl (C=O) groups is 2. The van der Waals surface area contributed by atoms with E-state index >= 15 is 0 Å². The first-order valence-corrected chi connectivity index (χ1v) is 12.3. The lowest BCUT2D eigenvalue weighted by Crippen LogP contribution is -2.36. The number of thioether (sulfide) groups is 1. The summed E-state index contributed by atoms with van der Waals surface area (Å²) in [6, 6.07) is 0.330. The zero-order valence-corrected chi connectivity index (χ0v) is 18.5. The van der Waals surface area contributed by atoms with Crippen molar-refractivity contribution in [3.63, 3.8) is 0 Å². The number of hydrogen-bond acceptors (Lipinski definition) is 6. The highest BCUT2D eigenvalue weighted by atomic mass is 32.2. The maximum absolute atomic E-state index is 12.2. The Morgan fingerprint density at radius 3 is 2.86 bits per heavy atom. The summed E-state index contributed by atoms with van der Waals surface area (Å²) < 4.78 is 0.751. The Morgan fingerprint density at radius 2 is 2.11 bits per heavy atom. The second kappa shape index (κ2) is 13.2. The minimum atomic E-state index is -0.994. The zero-order chi connectivity index (χ0) is 20.2. The molecule has 8 heteroatoms. The van der Waals surface area contributed by atoms with Crippen LogP contribution in [0.2, 0.25) is 0 Å². The van der Waals surface area contributed by atoms with Gasteiger partial charge in [0.15, 0.2) is 10.0 Å². The number of nitrogens with one attached hydrogen (secondary N) is 1. The van der Waals surface area contributed by atoms with Gasteiger partial charge in [0.1, 0.15) is 0 Å². The van der Waals surface area contributed by atoms with Gasteiger partial charge in [0, 0.05) is 30.1 Å². The highest BCUT2D eigenvalue weighted by Gasteiger charge is 2.29. The van der Waals surface area contributed by atoms with Crippen molar-refractivity contribution in [1.29, 1.82) is 0 Å². The Kier molecular flexibility index (Phi) is 10.9. The second-order valence-electron chi connectivity index (χ2n) is 7.24. The number of carboxylic acid groups (broad SMARTS) is 1. The predicted octanol–water partition coefficient (Wildman–Crippen LogP) is 4.26. The number of carboxylic acids is 1. The minimum Gasteiger partial charge on any atom is -0.476 e. The molecule has 2 rings (SSSR count). The molecule has 158 valence electrons. The van der Waals surface area contributed by atoms with E-state index in [-0.39, 0.29) is 11.6 Å². The van der Waals surface area contributed by atoms with Crippen molar-refractivity contribution in [2.45, 2.75) is 75.1 Å². The molecule has 1 aromatic heterocycles. The Hall–Kier alpha value is -1.12. The molecule has 0 saturated carbocycles. The molecule has 1 saturated heterocycles. The van der Waals surface area contributed by atoms with E-state index in [0.717, 1.165) is 36.0 Å². The Morgan fingerprint density at radius 1 is 1.32 bits per heavy atom. The molecular formula is C20H33N3O3S2. The lowest BCUT2D eigenvalue weighted by Gasteiger charge is -2.24. The maximum Gasteiger partial charge on any atom is 0.355 e. The van der Waals surface area contributed by atoms with Crippen molar-refractivity contribution in [2.75, 3.05) is 25.4 Å². The summed E-state index contributed by atoms with van der Waals surface area (Å²) in [6.45, 7) is 4.97. The predicted molar refractivity (Wildman–Crippen MR) is 115 cm³/mol. The molecule has 2 heterocycles. The van der Waals surface area contributed by atoms with Gasteiger partial charge in [-0.25, -0.2) is 9.78 Å². The van der Waals surface area contributed by atoms with Gasteiger partial charge in [0.25, 0.3) is 0 Å². The van der Waals surface area contributed by atoms with Crippen molar-refractivity contribution in [3.8, 4) is 0 Å². The number of aromatic carboxylic acids is 1. The average Bonchev–Trinajstić information content (AvgIpc) is 3.28. The molecule has 0 spiro atoms. The van der Waals surface area contributed by atoms with Gasteiger partial charge in [-0.2, -0.15) is 0 Å². The van der Waals surface area contributed by atoms with Crippen LogP contribution in [0, 0.1) is 0 Å². The topological polar surface area (TPSA) is 82.5 Å². The quantitative estimate of drug-likeness (QED) is 0.321. The van der Waals surface area contributed by atoms with Crippen molar-refractivity contribution in [1.82, 2.24) is 15.2 Å². The molecule has 1 aliphatic rings. The van der Waals surface area contributed by atoms with Crippen LogP contribution in [0.15, 0.2) is 9.72 Å². The number of carbonyl (C=O) groups excluding carboxylic acids is 1. The third-order valence-electron chi connectivity index (χ3n) is 5.07. The second-order valence-corrected chi connectivity index (χ2v) is 9.44. The van der Waals surface area contributed by atoms with Crippen molar-refractivity contribution < 1.29 is 14.7 Å². The molecule has 0 aliphatic carbocycles. The molecule has 0 bridgehead atoms. The highest BCUT2D eigenvalue weighted by Crippen LogP contribution is 2.25. The fourth-order valence-electron chi connectivity index (χ4n) is 3.48. The number of amides is 1. The number of nitrogens with zero attached hydrogens (tertiary/aromatic N) is 2. The van der Waals surface area contributed by atoms with E-state index in [1.807, 2.05) is 4.90 Å². The first-order valence-electron chi connectivity index (χ1n) is 10.4. The van der Waals surface area contributed by atoms with E-state index in [2.05, 4.69) is 17.2 Å². The van der Waals surface area contributed by atoms with Crippen molar-refractivity contribution >= 4 is 35.0 Å². The van der Waals surface area contributed by atoms with Gasteiger partial charge in [-0.05, 0) is 32.4 Å². The zero-order valence-electron chi connectivity index (χ0n) is 16.8. The van der Waals surface area contributed by atoms with E-state index in [9.17, 15) is 9.59 Å². The van der Waals surface area contributed by atoms with Gasteiger partial charge in [-0.1, -0.05) is 50.8 Å². The molecule has 0 unspecified atom stereocenters. The number of thiazole rings is 1. The van der Waals surface area contributed by atoms with Gasteiger partial charge in [-0.3, -0.25) is 4.79 Å². The summed E-state index contributed by atoms with van der Waals surface area (Å²) in [7, 11) is 0. The summed E-state index contributed by atoms with van der Waals surface area (Å²) >= 11 is 2.87. The number of hydrogen-bond donors (Lipinski definition) is 2. The largest absolute Gasteiger partial charge is 0.476 e. The smallest absolute Gasteiger partial charge is 0.355 e. The molecule has 1 fully saturated rings. The lowest BCUT2D eigenvalue weighted by molar-refractivity contribution is -0.128. The summed E-state index contributed by atoms with van der Waals surface area (Å²) in [5, 5.41) is 14.0. The monoisotopic (exact) mass is 427 g/mol. The van der Waals surface area contributed by atoms with Crippen LogP contribution in [0.4, 0.5) is 0 Å². The molecule has 6 nitrogen and oxygen atoms in total. The van der Waals surface area contributed by atoms with Gasteiger partial charge < -0.3 is 15.3 Å². The third-order valence-corrected chi connectivity index (χ3v) is 7.08. The van der Waals surface area contributed by atoms with Crippen LogP contribution in [0.25, 0.3) is 0 Å². The van der Waals surface area contributed by atoms with E-state index in [4.69, 9.17) is 5.11 Å². The first kappa shape index (κ1) is 23.2. The maximum atomic E-state index is 12.2. The molecule has 1 aliphatic heterocycles. The van der Waals surface area contributed by atoms with Gasteiger partial charge in [0.05, 0.1) is 0 Å². The molecule has 0 aromatic carbocycles. The summed E-state index contributed by atoms with van der Waals surface area (Å²) in [6.07, 6.45) is 10.5. The van der Waals surface area contributed by atoms with E-state index in [0.29, 0.717) is 19.0 Å². The molecule has 2 N–H and O–H groups in total. The Bertz CT molecular complexity index is 609. The molecule has 1 aromatic rings. The standard InChI is InChI=1S/C20H33N3O3S2/c1-2-3-4-5-6-7-11-21-12-10-16-8-9-18(24)23(16)13-14-27-20-22-17(15-28-20)19(25)26/h15-16,21H,2-14H2,1H3,(H,25,26)/t16-/m1/s1. The Balaban J connectivity index is 1.59. The normalized spacial score (nSPS) is 16.8.